The third-order valence-corrected chi connectivity index (χ3v) is 5.63. The molecule has 1 aromatic carbocycles. The summed E-state index contributed by atoms with van der Waals surface area (Å²) in [5, 5.41) is 3.00. The molecule has 0 aliphatic heterocycles. The minimum Gasteiger partial charge on any atom is -0.398 e. The predicted molar refractivity (Wildman–Crippen MR) is 87.7 cm³/mol. The van der Waals surface area contributed by atoms with E-state index in [1.807, 2.05) is 6.07 Å². The molecule has 0 aliphatic rings. The van der Waals surface area contributed by atoms with Gasteiger partial charge in [-0.15, -0.1) is 0 Å². The first-order valence-electron chi connectivity index (χ1n) is 6.36. The van der Waals surface area contributed by atoms with Gasteiger partial charge in [0.1, 0.15) is 0 Å². The van der Waals surface area contributed by atoms with Gasteiger partial charge in [-0.05, 0) is 37.3 Å². The van der Waals surface area contributed by atoms with Crippen molar-refractivity contribution in [2.24, 2.45) is 0 Å². The first kappa shape index (κ1) is 16.4. The van der Waals surface area contributed by atoms with Gasteiger partial charge in [-0.3, -0.25) is 4.79 Å². The monoisotopic (exact) mass is 344 g/mol. The molecule has 5 heteroatoms. The van der Waals surface area contributed by atoms with E-state index >= 15 is 0 Å². The number of nitrogens with two attached hydrogens (primary N) is 1. The molecule has 0 saturated heterocycles. The molecule has 0 heterocycles. The average molecular weight is 345 g/mol. The highest BCUT2D eigenvalue weighted by atomic mass is 79.9. The number of amides is 1. The standard InChI is InChI=1S/C14H21BrN2OS/c1-4-14(5-2,19-3)9-17-13(18)11-8-10(15)6-7-12(11)16/h6-8H,4-5,9,16H2,1-3H3,(H,17,18). The van der Waals surface area contributed by atoms with Crippen molar-refractivity contribution in [3.05, 3.63) is 28.2 Å². The zero-order chi connectivity index (χ0) is 14.5. The van der Waals surface area contributed by atoms with Gasteiger partial charge in [0.15, 0.2) is 0 Å². The average Bonchev–Trinajstić information content (AvgIpc) is 2.43. The van der Waals surface area contributed by atoms with Gasteiger partial charge < -0.3 is 11.1 Å². The van der Waals surface area contributed by atoms with Gasteiger partial charge in [-0.25, -0.2) is 0 Å². The van der Waals surface area contributed by atoms with Crippen molar-refractivity contribution in [1.29, 1.82) is 0 Å². The Morgan fingerprint density at radius 1 is 1.42 bits per heavy atom. The molecule has 0 radical (unpaired) electrons. The Bertz CT molecular complexity index is 439. The zero-order valence-corrected chi connectivity index (χ0v) is 14.0. The second-order valence-electron chi connectivity index (χ2n) is 4.51. The molecule has 3 nitrogen and oxygen atoms in total. The summed E-state index contributed by atoms with van der Waals surface area (Å²) < 4.78 is 0.963. The van der Waals surface area contributed by atoms with Crippen LogP contribution in [0, 0.1) is 0 Å². The summed E-state index contributed by atoms with van der Waals surface area (Å²) in [5.41, 5.74) is 6.87. The summed E-state index contributed by atoms with van der Waals surface area (Å²) in [5.74, 6) is -0.112. The van der Waals surface area contributed by atoms with Gasteiger partial charge in [0, 0.05) is 21.5 Å². The SMILES string of the molecule is CCC(CC)(CNC(=O)c1cc(Br)ccc1N)SC. The fraction of sp³-hybridized carbons (Fsp3) is 0.500. The first-order valence-corrected chi connectivity index (χ1v) is 8.38. The lowest BCUT2D eigenvalue weighted by Gasteiger charge is -2.29. The van der Waals surface area contributed by atoms with Crippen molar-refractivity contribution in [2.45, 2.75) is 31.4 Å². The number of nitrogen functional groups attached to an aromatic ring is 1. The third kappa shape index (κ3) is 4.14. The lowest BCUT2D eigenvalue weighted by Crippen LogP contribution is -2.39. The number of hydrogen-bond acceptors (Lipinski definition) is 3. The van der Waals surface area contributed by atoms with Crippen molar-refractivity contribution in [3.8, 4) is 0 Å². The second kappa shape index (κ2) is 7.20. The molecule has 1 amide bonds. The molecule has 1 rings (SSSR count). The number of halogens is 1. The Morgan fingerprint density at radius 3 is 2.58 bits per heavy atom. The number of hydrogen-bond donors (Lipinski definition) is 2. The van der Waals surface area contributed by atoms with Gasteiger partial charge in [-0.2, -0.15) is 11.8 Å². The van der Waals surface area contributed by atoms with Crippen LogP contribution in [0.3, 0.4) is 0 Å². The molecule has 0 aliphatic carbocycles. The van der Waals surface area contributed by atoms with E-state index in [9.17, 15) is 4.79 Å². The van der Waals surface area contributed by atoms with E-state index in [4.69, 9.17) is 5.73 Å². The Hall–Kier alpha value is -0.680. The molecule has 1 aromatic rings. The predicted octanol–water partition coefficient (Wildman–Crippen LogP) is 3.68. The normalized spacial score (nSPS) is 11.4. The van der Waals surface area contributed by atoms with Crippen LogP contribution in [-0.2, 0) is 0 Å². The Labute approximate surface area is 127 Å². The molecule has 0 aromatic heterocycles. The van der Waals surface area contributed by atoms with Crippen molar-refractivity contribution in [2.75, 3.05) is 18.5 Å². The van der Waals surface area contributed by atoms with Crippen LogP contribution in [0.25, 0.3) is 0 Å². The molecule has 0 unspecified atom stereocenters. The van der Waals surface area contributed by atoms with Crippen molar-refractivity contribution < 1.29 is 4.79 Å². The Morgan fingerprint density at radius 2 is 2.05 bits per heavy atom. The molecule has 19 heavy (non-hydrogen) atoms. The van der Waals surface area contributed by atoms with E-state index in [1.54, 1.807) is 23.9 Å². The van der Waals surface area contributed by atoms with Crippen LogP contribution in [-0.4, -0.2) is 23.5 Å². The van der Waals surface area contributed by atoms with Crippen molar-refractivity contribution in [1.82, 2.24) is 5.32 Å². The number of carbonyl (C=O) groups is 1. The summed E-state index contributed by atoms with van der Waals surface area (Å²) in [4.78, 5) is 12.2. The number of anilines is 1. The topological polar surface area (TPSA) is 55.1 Å². The molecular weight excluding hydrogens is 324 g/mol. The molecule has 0 spiro atoms. The fourth-order valence-corrected chi connectivity index (χ4v) is 3.08. The third-order valence-electron chi connectivity index (χ3n) is 3.55. The van der Waals surface area contributed by atoms with Crippen LogP contribution >= 0.6 is 27.7 Å². The van der Waals surface area contributed by atoms with Gasteiger partial charge in [0.25, 0.3) is 5.91 Å². The first-order chi connectivity index (χ1) is 8.98. The van der Waals surface area contributed by atoms with E-state index in [-0.39, 0.29) is 10.7 Å². The van der Waals surface area contributed by atoms with Gasteiger partial charge in [0.05, 0.1) is 5.56 Å². The molecule has 0 bridgehead atoms. The van der Waals surface area contributed by atoms with Gasteiger partial charge in [-0.1, -0.05) is 29.8 Å². The molecule has 106 valence electrons. The highest BCUT2D eigenvalue weighted by Gasteiger charge is 2.25. The smallest absolute Gasteiger partial charge is 0.253 e. The van der Waals surface area contributed by atoms with E-state index in [0.717, 1.165) is 17.3 Å². The number of nitrogens with one attached hydrogen (secondary N) is 1. The second-order valence-corrected chi connectivity index (χ2v) is 6.70. The minimum absolute atomic E-state index is 0.108. The fourth-order valence-electron chi connectivity index (χ4n) is 1.92. The van der Waals surface area contributed by atoms with E-state index in [0.29, 0.717) is 17.8 Å². The minimum atomic E-state index is -0.112. The summed E-state index contributed by atoms with van der Waals surface area (Å²) in [6, 6.07) is 5.32. The highest BCUT2D eigenvalue weighted by molar-refractivity contribution is 9.10. The van der Waals surface area contributed by atoms with Crippen LogP contribution in [0.1, 0.15) is 37.0 Å². The van der Waals surface area contributed by atoms with Crippen LogP contribution in [0.4, 0.5) is 5.69 Å². The summed E-state index contributed by atoms with van der Waals surface area (Å²) in [6.07, 6.45) is 4.14. The van der Waals surface area contributed by atoms with E-state index < -0.39 is 0 Å². The van der Waals surface area contributed by atoms with E-state index in [2.05, 4.69) is 41.3 Å². The lowest BCUT2D eigenvalue weighted by atomic mass is 10.0. The molecule has 0 fully saturated rings. The van der Waals surface area contributed by atoms with Gasteiger partial charge >= 0.3 is 0 Å². The van der Waals surface area contributed by atoms with Crippen LogP contribution in [0.5, 0.6) is 0 Å². The molecule has 3 N–H and O–H groups in total. The summed E-state index contributed by atoms with van der Waals surface area (Å²) >= 11 is 5.16. The van der Waals surface area contributed by atoms with Crippen LogP contribution in [0.2, 0.25) is 0 Å². The number of thioether (sulfide) groups is 1. The maximum atomic E-state index is 12.2. The Kier molecular flexibility index (Phi) is 6.20. The molecule has 0 saturated carbocycles. The largest absolute Gasteiger partial charge is 0.398 e. The van der Waals surface area contributed by atoms with Crippen molar-refractivity contribution in [3.63, 3.8) is 0 Å². The van der Waals surface area contributed by atoms with Crippen molar-refractivity contribution >= 4 is 39.3 Å². The van der Waals surface area contributed by atoms with E-state index in [1.165, 1.54) is 0 Å². The van der Waals surface area contributed by atoms with Gasteiger partial charge in [0.2, 0.25) is 0 Å². The maximum Gasteiger partial charge on any atom is 0.253 e. The molecular formula is C14H21BrN2OS. The zero-order valence-electron chi connectivity index (χ0n) is 11.6. The maximum absolute atomic E-state index is 12.2. The number of benzene rings is 1. The lowest BCUT2D eigenvalue weighted by molar-refractivity contribution is 0.0950. The number of rotatable bonds is 6. The Balaban J connectivity index is 2.77. The highest BCUT2D eigenvalue weighted by Crippen LogP contribution is 2.29. The summed E-state index contributed by atoms with van der Waals surface area (Å²) in [7, 11) is 0. The molecule has 0 atom stereocenters. The van der Waals surface area contributed by atoms with Crippen LogP contribution in [0.15, 0.2) is 22.7 Å². The number of carbonyl (C=O) groups excluding carboxylic acids is 1. The quantitative estimate of drug-likeness (QED) is 0.774. The summed E-state index contributed by atoms with van der Waals surface area (Å²) in [6.45, 7) is 4.96. The van der Waals surface area contributed by atoms with Crippen LogP contribution < -0.4 is 11.1 Å².